The van der Waals surface area contributed by atoms with Gasteiger partial charge in [0, 0.05) is 24.3 Å². The van der Waals surface area contributed by atoms with Gasteiger partial charge in [-0.2, -0.15) is 0 Å². The van der Waals surface area contributed by atoms with E-state index in [4.69, 9.17) is 9.47 Å². The fourth-order valence-corrected chi connectivity index (χ4v) is 2.30. The van der Waals surface area contributed by atoms with E-state index in [-0.39, 0.29) is 11.3 Å². The third-order valence-corrected chi connectivity index (χ3v) is 3.48. The summed E-state index contributed by atoms with van der Waals surface area (Å²) in [5.41, 5.74) is 0.749. The molecule has 1 amide bonds. The van der Waals surface area contributed by atoms with Gasteiger partial charge in [0.1, 0.15) is 17.1 Å². The molecule has 0 radical (unpaired) electrons. The van der Waals surface area contributed by atoms with Crippen molar-refractivity contribution < 1.29 is 28.6 Å². The number of amides is 1. The van der Waals surface area contributed by atoms with E-state index in [0.717, 1.165) is 7.11 Å². The standard InChI is InChI=1S/C16H19N3O6/c1-23-9-4-5-11(19-14(20)16(22)25-3)10(8-9)12(15(21)24-2)13-17-6-7-18-13/h4-5,8,17-18H,6-7H2,1-3H3,(H,19,20). The monoisotopic (exact) mass is 349 g/mol. The summed E-state index contributed by atoms with van der Waals surface area (Å²) >= 11 is 0. The molecule has 1 fully saturated rings. The Morgan fingerprint density at radius 1 is 1.00 bits per heavy atom. The zero-order chi connectivity index (χ0) is 18.4. The van der Waals surface area contributed by atoms with E-state index in [9.17, 15) is 14.4 Å². The first-order valence-corrected chi connectivity index (χ1v) is 7.39. The number of rotatable bonds is 4. The summed E-state index contributed by atoms with van der Waals surface area (Å²) < 4.78 is 14.4. The van der Waals surface area contributed by atoms with E-state index < -0.39 is 17.8 Å². The van der Waals surface area contributed by atoms with E-state index in [2.05, 4.69) is 20.7 Å². The second-order valence-electron chi connectivity index (χ2n) is 4.95. The zero-order valence-corrected chi connectivity index (χ0v) is 14.1. The number of hydrogen-bond donors (Lipinski definition) is 3. The average Bonchev–Trinajstić information content (AvgIpc) is 3.16. The van der Waals surface area contributed by atoms with Crippen LogP contribution in [0, 0.1) is 0 Å². The fourth-order valence-electron chi connectivity index (χ4n) is 2.30. The minimum Gasteiger partial charge on any atom is -0.497 e. The molecule has 0 unspecified atom stereocenters. The maximum Gasteiger partial charge on any atom is 0.396 e. The van der Waals surface area contributed by atoms with Gasteiger partial charge < -0.3 is 30.2 Å². The maximum absolute atomic E-state index is 12.3. The topological polar surface area (TPSA) is 115 Å². The number of carbonyl (C=O) groups is 3. The molecule has 0 atom stereocenters. The highest BCUT2D eigenvalue weighted by Gasteiger charge is 2.25. The van der Waals surface area contributed by atoms with E-state index in [0.29, 0.717) is 30.2 Å². The van der Waals surface area contributed by atoms with Crippen molar-refractivity contribution >= 4 is 29.1 Å². The molecule has 0 saturated carbocycles. The Labute approximate surface area is 144 Å². The Kier molecular flexibility index (Phi) is 5.83. The highest BCUT2D eigenvalue weighted by molar-refractivity contribution is 6.37. The first-order valence-electron chi connectivity index (χ1n) is 7.39. The van der Waals surface area contributed by atoms with Crippen LogP contribution in [0.3, 0.4) is 0 Å². The molecule has 9 nitrogen and oxygen atoms in total. The van der Waals surface area contributed by atoms with Crippen LogP contribution in [0.5, 0.6) is 5.75 Å². The highest BCUT2D eigenvalue weighted by Crippen LogP contribution is 2.31. The summed E-state index contributed by atoms with van der Waals surface area (Å²) in [6, 6.07) is 4.67. The lowest BCUT2D eigenvalue weighted by Gasteiger charge is -2.16. The molecule has 1 heterocycles. The van der Waals surface area contributed by atoms with Gasteiger partial charge in [0.15, 0.2) is 0 Å². The van der Waals surface area contributed by atoms with Crippen molar-refractivity contribution in [2.75, 3.05) is 39.7 Å². The second-order valence-corrected chi connectivity index (χ2v) is 4.95. The highest BCUT2D eigenvalue weighted by atomic mass is 16.5. The van der Waals surface area contributed by atoms with E-state index >= 15 is 0 Å². The number of hydrogen-bond acceptors (Lipinski definition) is 8. The van der Waals surface area contributed by atoms with E-state index in [1.807, 2.05) is 0 Å². The Hall–Kier alpha value is -3.23. The molecular formula is C16H19N3O6. The SMILES string of the molecule is COC(=O)C(=O)Nc1ccc(OC)cc1C(C(=O)OC)=C1NCCN1. The molecule has 0 aromatic heterocycles. The molecule has 1 aromatic rings. The minimum absolute atomic E-state index is 0.180. The largest absolute Gasteiger partial charge is 0.497 e. The predicted octanol–water partition coefficient (Wildman–Crippen LogP) is -0.159. The van der Waals surface area contributed by atoms with Crippen LogP contribution in [-0.2, 0) is 23.9 Å². The quantitative estimate of drug-likeness (QED) is 0.390. The predicted molar refractivity (Wildman–Crippen MR) is 88.6 cm³/mol. The van der Waals surface area contributed by atoms with Gasteiger partial charge in [0.2, 0.25) is 0 Å². The van der Waals surface area contributed by atoms with Crippen molar-refractivity contribution in [1.82, 2.24) is 10.6 Å². The summed E-state index contributed by atoms with van der Waals surface area (Å²) in [5, 5.41) is 8.52. The summed E-state index contributed by atoms with van der Waals surface area (Å²) in [5.74, 6) is -1.69. The molecule has 1 saturated heterocycles. The molecule has 9 heteroatoms. The van der Waals surface area contributed by atoms with Crippen LogP contribution < -0.4 is 20.7 Å². The Morgan fingerprint density at radius 2 is 1.64 bits per heavy atom. The normalized spacial score (nSPS) is 12.5. The summed E-state index contributed by atoms with van der Waals surface area (Å²) in [4.78, 5) is 35.6. The van der Waals surface area contributed by atoms with Gasteiger partial charge in [-0.15, -0.1) is 0 Å². The summed E-state index contributed by atoms with van der Waals surface area (Å²) in [7, 11) is 3.83. The maximum atomic E-state index is 12.3. The van der Waals surface area contributed by atoms with Crippen molar-refractivity contribution in [3.05, 3.63) is 29.6 Å². The van der Waals surface area contributed by atoms with Gasteiger partial charge in [-0.25, -0.2) is 9.59 Å². The Balaban J connectivity index is 2.55. The molecule has 0 spiro atoms. The van der Waals surface area contributed by atoms with Crippen LogP contribution in [0.25, 0.3) is 5.57 Å². The molecule has 0 aliphatic carbocycles. The molecule has 3 N–H and O–H groups in total. The van der Waals surface area contributed by atoms with Crippen molar-refractivity contribution in [2.45, 2.75) is 0 Å². The van der Waals surface area contributed by atoms with Crippen LogP contribution in [0.4, 0.5) is 5.69 Å². The van der Waals surface area contributed by atoms with Crippen LogP contribution in [0.1, 0.15) is 5.56 Å². The van der Waals surface area contributed by atoms with Crippen LogP contribution in [0.15, 0.2) is 24.0 Å². The van der Waals surface area contributed by atoms with Crippen molar-refractivity contribution in [1.29, 1.82) is 0 Å². The van der Waals surface area contributed by atoms with E-state index in [1.54, 1.807) is 12.1 Å². The number of benzene rings is 1. The molecule has 1 aliphatic rings. The number of esters is 2. The number of anilines is 1. The second kappa shape index (κ2) is 8.04. The Bertz CT molecular complexity index is 721. The molecule has 1 aliphatic heterocycles. The number of carbonyl (C=O) groups excluding carboxylic acids is 3. The lowest BCUT2D eigenvalue weighted by Crippen LogP contribution is -2.25. The number of ether oxygens (including phenoxy) is 3. The lowest BCUT2D eigenvalue weighted by atomic mass is 10.0. The first-order chi connectivity index (χ1) is 12.0. The smallest absolute Gasteiger partial charge is 0.396 e. The van der Waals surface area contributed by atoms with Gasteiger partial charge in [-0.3, -0.25) is 4.79 Å². The van der Waals surface area contributed by atoms with Crippen LogP contribution in [0.2, 0.25) is 0 Å². The third kappa shape index (κ3) is 4.00. The third-order valence-electron chi connectivity index (χ3n) is 3.48. The van der Waals surface area contributed by atoms with Crippen LogP contribution >= 0.6 is 0 Å². The van der Waals surface area contributed by atoms with Gasteiger partial charge in [-0.1, -0.05) is 0 Å². The minimum atomic E-state index is -1.05. The Morgan fingerprint density at radius 3 is 2.20 bits per heavy atom. The molecule has 134 valence electrons. The zero-order valence-electron chi connectivity index (χ0n) is 14.1. The molecular weight excluding hydrogens is 330 g/mol. The molecule has 0 bridgehead atoms. The average molecular weight is 349 g/mol. The summed E-state index contributed by atoms with van der Waals surface area (Å²) in [6.07, 6.45) is 0. The number of nitrogens with one attached hydrogen (secondary N) is 3. The molecule has 25 heavy (non-hydrogen) atoms. The van der Waals surface area contributed by atoms with Crippen molar-refractivity contribution in [3.63, 3.8) is 0 Å². The number of methoxy groups -OCH3 is 3. The van der Waals surface area contributed by atoms with Gasteiger partial charge in [0.05, 0.1) is 21.3 Å². The lowest BCUT2D eigenvalue weighted by molar-refractivity contribution is -0.150. The molecule has 1 aromatic carbocycles. The fraction of sp³-hybridized carbons (Fsp3) is 0.312. The van der Waals surface area contributed by atoms with Gasteiger partial charge in [-0.05, 0) is 18.2 Å². The van der Waals surface area contributed by atoms with Crippen molar-refractivity contribution in [3.8, 4) is 5.75 Å². The molecule has 2 rings (SSSR count). The van der Waals surface area contributed by atoms with E-state index in [1.165, 1.54) is 20.3 Å². The summed E-state index contributed by atoms with van der Waals surface area (Å²) in [6.45, 7) is 1.26. The van der Waals surface area contributed by atoms with Crippen LogP contribution in [-0.4, -0.2) is 52.3 Å². The first kappa shape index (κ1) is 18.1. The van der Waals surface area contributed by atoms with Crippen molar-refractivity contribution in [2.24, 2.45) is 0 Å². The van der Waals surface area contributed by atoms with Gasteiger partial charge in [0.25, 0.3) is 0 Å². The van der Waals surface area contributed by atoms with Gasteiger partial charge >= 0.3 is 17.8 Å².